The molecule has 1 aromatic carbocycles. The van der Waals surface area contributed by atoms with Crippen molar-refractivity contribution >= 4 is 17.1 Å². The second-order valence-corrected chi connectivity index (χ2v) is 5.23. The van der Waals surface area contributed by atoms with Gasteiger partial charge in [-0.1, -0.05) is 18.7 Å². The van der Waals surface area contributed by atoms with E-state index in [2.05, 4.69) is 24.0 Å². The molecule has 0 radical (unpaired) electrons. The fourth-order valence-electron chi connectivity index (χ4n) is 2.64. The molecule has 3 nitrogen and oxygen atoms in total. The van der Waals surface area contributed by atoms with Crippen molar-refractivity contribution in [2.24, 2.45) is 5.73 Å². The molecule has 3 heteroatoms. The Kier molecular flexibility index (Phi) is 4.74. The fraction of sp³-hybridized carbons (Fsp3) is 0.353. The van der Waals surface area contributed by atoms with Crippen LogP contribution in [-0.4, -0.2) is 19.5 Å². The molecular weight excluding hydrogens is 248 g/mol. The van der Waals surface area contributed by atoms with E-state index in [-0.39, 0.29) is 5.91 Å². The van der Waals surface area contributed by atoms with E-state index in [1.165, 1.54) is 18.4 Å². The first-order valence-electron chi connectivity index (χ1n) is 7.09. The van der Waals surface area contributed by atoms with Crippen LogP contribution in [0, 0.1) is 0 Å². The van der Waals surface area contributed by atoms with E-state index in [4.69, 9.17) is 5.73 Å². The van der Waals surface area contributed by atoms with Crippen LogP contribution < -0.4 is 11.1 Å². The Morgan fingerprint density at radius 2 is 2.20 bits per heavy atom. The third kappa shape index (κ3) is 3.17. The summed E-state index contributed by atoms with van der Waals surface area (Å²) in [5.74, 6) is -0.364. The van der Waals surface area contributed by atoms with E-state index in [1.54, 1.807) is 0 Å². The van der Waals surface area contributed by atoms with Crippen LogP contribution in [0.5, 0.6) is 0 Å². The average Bonchev–Trinajstić information content (AvgIpc) is 2.47. The molecule has 0 saturated carbocycles. The third-order valence-electron chi connectivity index (χ3n) is 3.72. The number of hydrogen-bond acceptors (Lipinski definition) is 2. The van der Waals surface area contributed by atoms with Gasteiger partial charge in [-0.2, -0.15) is 0 Å². The van der Waals surface area contributed by atoms with Crippen LogP contribution in [-0.2, 0) is 0 Å². The molecule has 1 aliphatic carbocycles. The second-order valence-electron chi connectivity index (χ2n) is 5.23. The normalized spacial score (nSPS) is 14.8. The number of nitrogens with two attached hydrogens (primary N) is 1. The standard InChI is InChI=1S/C17H22N2O/c1-12(11-19-2)14-8-9-15(17(18)20)16(10-14)13-6-4-3-5-7-13/h6,8-10,19H,1,3-5,7,11H2,2H3,(H2,18,20). The van der Waals surface area contributed by atoms with Gasteiger partial charge in [-0.25, -0.2) is 0 Å². The van der Waals surface area contributed by atoms with E-state index < -0.39 is 0 Å². The minimum Gasteiger partial charge on any atom is -0.366 e. The largest absolute Gasteiger partial charge is 0.366 e. The van der Waals surface area contributed by atoms with Gasteiger partial charge >= 0.3 is 0 Å². The monoisotopic (exact) mass is 270 g/mol. The number of rotatable bonds is 5. The minimum atomic E-state index is -0.364. The van der Waals surface area contributed by atoms with Crippen LogP contribution in [0.1, 0.15) is 47.2 Å². The number of hydrogen-bond donors (Lipinski definition) is 2. The molecule has 0 aliphatic heterocycles. The molecule has 1 amide bonds. The zero-order valence-corrected chi connectivity index (χ0v) is 12.0. The lowest BCUT2D eigenvalue weighted by Crippen LogP contribution is -2.15. The topological polar surface area (TPSA) is 55.1 Å². The maximum atomic E-state index is 11.6. The van der Waals surface area contributed by atoms with Gasteiger partial charge in [0.1, 0.15) is 0 Å². The summed E-state index contributed by atoms with van der Waals surface area (Å²) in [5, 5.41) is 3.10. The van der Waals surface area contributed by atoms with Crippen molar-refractivity contribution in [3.8, 4) is 0 Å². The number of allylic oxidation sites excluding steroid dienone is 2. The highest BCUT2D eigenvalue weighted by Gasteiger charge is 2.15. The van der Waals surface area contributed by atoms with Gasteiger partial charge in [-0.3, -0.25) is 4.79 Å². The molecule has 106 valence electrons. The van der Waals surface area contributed by atoms with Crippen LogP contribution in [0.15, 0.2) is 30.9 Å². The molecule has 1 aromatic rings. The van der Waals surface area contributed by atoms with E-state index >= 15 is 0 Å². The van der Waals surface area contributed by atoms with Crippen molar-refractivity contribution in [1.82, 2.24) is 5.32 Å². The van der Waals surface area contributed by atoms with Gasteiger partial charge in [0.2, 0.25) is 5.91 Å². The molecule has 0 atom stereocenters. The van der Waals surface area contributed by atoms with Gasteiger partial charge in [0.25, 0.3) is 0 Å². The van der Waals surface area contributed by atoms with Gasteiger partial charge in [0.05, 0.1) is 0 Å². The Morgan fingerprint density at radius 1 is 1.40 bits per heavy atom. The van der Waals surface area contributed by atoms with Crippen LogP contribution in [0.4, 0.5) is 0 Å². The lowest BCUT2D eigenvalue weighted by atomic mass is 9.88. The van der Waals surface area contributed by atoms with Gasteiger partial charge in [-0.05, 0) is 67.1 Å². The molecule has 0 bridgehead atoms. The number of primary amides is 1. The Hall–Kier alpha value is -1.87. The second kappa shape index (κ2) is 6.53. The highest BCUT2D eigenvalue weighted by molar-refractivity contribution is 5.98. The number of benzene rings is 1. The predicted molar refractivity (Wildman–Crippen MR) is 84.4 cm³/mol. The number of amides is 1. The summed E-state index contributed by atoms with van der Waals surface area (Å²) in [6.45, 7) is 4.81. The van der Waals surface area contributed by atoms with Gasteiger partial charge in [-0.15, -0.1) is 0 Å². The van der Waals surface area contributed by atoms with Gasteiger partial charge in [0, 0.05) is 12.1 Å². The van der Waals surface area contributed by atoms with E-state index in [1.807, 2.05) is 19.2 Å². The van der Waals surface area contributed by atoms with Crippen LogP contribution >= 0.6 is 0 Å². The summed E-state index contributed by atoms with van der Waals surface area (Å²) in [7, 11) is 1.90. The summed E-state index contributed by atoms with van der Waals surface area (Å²) in [6.07, 6.45) is 6.72. The van der Waals surface area contributed by atoms with Crippen LogP contribution in [0.25, 0.3) is 11.1 Å². The smallest absolute Gasteiger partial charge is 0.249 e. The Balaban J connectivity index is 2.44. The summed E-state index contributed by atoms with van der Waals surface area (Å²) in [4.78, 5) is 11.6. The van der Waals surface area contributed by atoms with Crippen LogP contribution in [0.3, 0.4) is 0 Å². The minimum absolute atomic E-state index is 0.364. The highest BCUT2D eigenvalue weighted by Crippen LogP contribution is 2.30. The molecule has 3 N–H and O–H groups in total. The van der Waals surface area contributed by atoms with Crippen molar-refractivity contribution in [2.75, 3.05) is 13.6 Å². The lowest BCUT2D eigenvalue weighted by molar-refractivity contribution is 0.1000. The first-order chi connectivity index (χ1) is 9.63. The third-order valence-corrected chi connectivity index (χ3v) is 3.72. The molecule has 0 heterocycles. The van der Waals surface area contributed by atoms with Crippen molar-refractivity contribution in [2.45, 2.75) is 25.7 Å². The quantitative estimate of drug-likeness (QED) is 0.864. The summed E-state index contributed by atoms with van der Waals surface area (Å²) in [6, 6.07) is 5.80. The van der Waals surface area contributed by atoms with Crippen molar-refractivity contribution < 1.29 is 4.79 Å². The van der Waals surface area contributed by atoms with E-state index in [0.717, 1.165) is 36.1 Å². The first-order valence-corrected chi connectivity index (χ1v) is 7.09. The van der Waals surface area contributed by atoms with Gasteiger partial charge < -0.3 is 11.1 Å². The Morgan fingerprint density at radius 3 is 2.80 bits per heavy atom. The molecule has 0 unspecified atom stereocenters. The maximum Gasteiger partial charge on any atom is 0.249 e. The molecule has 1 aliphatic rings. The molecule has 0 aromatic heterocycles. The summed E-state index contributed by atoms with van der Waals surface area (Å²) < 4.78 is 0. The molecule has 20 heavy (non-hydrogen) atoms. The molecule has 2 rings (SSSR count). The maximum absolute atomic E-state index is 11.6. The number of carbonyl (C=O) groups excluding carboxylic acids is 1. The number of nitrogens with one attached hydrogen (secondary N) is 1. The first kappa shape index (κ1) is 14.5. The molecular formula is C17H22N2O. The van der Waals surface area contributed by atoms with Crippen LogP contribution in [0.2, 0.25) is 0 Å². The van der Waals surface area contributed by atoms with E-state index in [0.29, 0.717) is 5.56 Å². The van der Waals surface area contributed by atoms with Gasteiger partial charge in [0.15, 0.2) is 0 Å². The SMILES string of the molecule is C=C(CNC)c1ccc(C(N)=O)c(C2=CCCCC2)c1. The van der Waals surface area contributed by atoms with E-state index in [9.17, 15) is 4.79 Å². The Bertz CT molecular complexity index is 558. The molecule has 0 fully saturated rings. The number of carbonyl (C=O) groups is 1. The predicted octanol–water partition coefficient (Wildman–Crippen LogP) is 2.98. The zero-order chi connectivity index (χ0) is 14.5. The summed E-state index contributed by atoms with van der Waals surface area (Å²) in [5.41, 5.74) is 10.4. The average molecular weight is 270 g/mol. The Labute approximate surface area is 120 Å². The molecule has 0 spiro atoms. The fourth-order valence-corrected chi connectivity index (χ4v) is 2.64. The van der Waals surface area contributed by atoms with Crippen molar-refractivity contribution in [3.63, 3.8) is 0 Å². The highest BCUT2D eigenvalue weighted by atomic mass is 16.1. The number of likely N-dealkylation sites (N-methyl/N-ethyl adjacent to an activating group) is 1. The molecule has 0 saturated heterocycles. The lowest BCUT2D eigenvalue weighted by Gasteiger charge is -2.17. The zero-order valence-electron chi connectivity index (χ0n) is 12.0. The van der Waals surface area contributed by atoms with Crippen molar-refractivity contribution in [1.29, 1.82) is 0 Å². The van der Waals surface area contributed by atoms with Crippen molar-refractivity contribution in [3.05, 3.63) is 47.5 Å². The summed E-state index contributed by atoms with van der Waals surface area (Å²) >= 11 is 0.